The second-order valence-corrected chi connectivity index (χ2v) is 7.14. The van der Waals surface area contributed by atoms with E-state index in [9.17, 15) is 4.79 Å². The van der Waals surface area contributed by atoms with E-state index in [4.69, 9.17) is 9.47 Å². The Kier molecular flexibility index (Phi) is 6.67. The van der Waals surface area contributed by atoms with E-state index in [1.54, 1.807) is 6.92 Å². The van der Waals surface area contributed by atoms with Crippen molar-refractivity contribution in [3.63, 3.8) is 0 Å². The molecule has 1 unspecified atom stereocenters. The number of anilines is 1. The number of rotatable bonds is 7. The van der Waals surface area contributed by atoms with E-state index in [2.05, 4.69) is 31.3 Å². The topological polar surface area (TPSA) is 47.6 Å². The SMILES string of the molecule is Cc1ccc(C(C)C)c(OC(C)C(=O)Nc2cccc(OC(C)C)c2)c1. The molecule has 2 aromatic carbocycles. The summed E-state index contributed by atoms with van der Waals surface area (Å²) in [7, 11) is 0. The number of ether oxygens (including phenoxy) is 2. The molecule has 2 aromatic rings. The largest absolute Gasteiger partial charge is 0.491 e. The predicted molar refractivity (Wildman–Crippen MR) is 106 cm³/mol. The van der Waals surface area contributed by atoms with Gasteiger partial charge in [-0.1, -0.05) is 32.0 Å². The van der Waals surface area contributed by atoms with Gasteiger partial charge in [0.25, 0.3) is 5.91 Å². The second kappa shape index (κ2) is 8.75. The maximum atomic E-state index is 12.5. The van der Waals surface area contributed by atoms with Crippen LogP contribution in [0.15, 0.2) is 42.5 Å². The van der Waals surface area contributed by atoms with Crippen LogP contribution in [0.3, 0.4) is 0 Å². The Hall–Kier alpha value is -2.49. The molecule has 0 aliphatic heterocycles. The van der Waals surface area contributed by atoms with Crippen LogP contribution >= 0.6 is 0 Å². The molecular weight excluding hydrogens is 326 g/mol. The number of carbonyl (C=O) groups excluding carboxylic acids is 1. The number of benzene rings is 2. The standard InChI is InChI=1S/C22H29NO3/c1-14(2)20-11-10-16(5)12-21(20)26-17(6)22(24)23-18-8-7-9-19(13-18)25-15(3)4/h7-15,17H,1-6H3,(H,23,24). The molecule has 0 saturated carbocycles. The van der Waals surface area contributed by atoms with E-state index in [0.29, 0.717) is 11.6 Å². The van der Waals surface area contributed by atoms with Gasteiger partial charge < -0.3 is 14.8 Å². The summed E-state index contributed by atoms with van der Waals surface area (Å²) >= 11 is 0. The average molecular weight is 355 g/mol. The first-order chi connectivity index (χ1) is 12.3. The Morgan fingerprint density at radius 1 is 0.962 bits per heavy atom. The van der Waals surface area contributed by atoms with Crippen LogP contribution in [0, 0.1) is 6.92 Å². The quantitative estimate of drug-likeness (QED) is 0.732. The number of carbonyl (C=O) groups is 1. The van der Waals surface area contributed by atoms with Gasteiger partial charge in [-0.05, 0) is 62.9 Å². The summed E-state index contributed by atoms with van der Waals surface area (Å²) in [6.45, 7) is 11.9. The first-order valence-corrected chi connectivity index (χ1v) is 9.11. The molecule has 0 aliphatic carbocycles. The Balaban J connectivity index is 2.08. The highest BCUT2D eigenvalue weighted by Crippen LogP contribution is 2.28. The molecule has 1 N–H and O–H groups in total. The van der Waals surface area contributed by atoms with Crippen LogP contribution in [0.5, 0.6) is 11.5 Å². The van der Waals surface area contributed by atoms with Crippen molar-refractivity contribution in [2.24, 2.45) is 0 Å². The molecule has 0 heterocycles. The van der Waals surface area contributed by atoms with Crippen LogP contribution in [-0.2, 0) is 4.79 Å². The minimum atomic E-state index is -0.607. The molecule has 0 aliphatic rings. The lowest BCUT2D eigenvalue weighted by atomic mass is 10.0. The van der Waals surface area contributed by atoms with Gasteiger partial charge >= 0.3 is 0 Å². The van der Waals surface area contributed by atoms with Crippen molar-refractivity contribution in [2.45, 2.75) is 59.7 Å². The summed E-state index contributed by atoms with van der Waals surface area (Å²) in [5, 5.41) is 2.89. The molecule has 140 valence electrons. The van der Waals surface area contributed by atoms with Gasteiger partial charge in [-0.25, -0.2) is 0 Å². The molecule has 1 atom stereocenters. The molecule has 0 saturated heterocycles. The average Bonchev–Trinajstić information content (AvgIpc) is 2.54. The fraction of sp³-hybridized carbons (Fsp3) is 0.409. The monoisotopic (exact) mass is 355 g/mol. The molecule has 26 heavy (non-hydrogen) atoms. The highest BCUT2D eigenvalue weighted by atomic mass is 16.5. The van der Waals surface area contributed by atoms with Crippen LogP contribution in [0.25, 0.3) is 0 Å². The number of hydrogen-bond donors (Lipinski definition) is 1. The van der Waals surface area contributed by atoms with Gasteiger partial charge in [0.05, 0.1) is 6.10 Å². The molecule has 0 fully saturated rings. The van der Waals surface area contributed by atoms with Crippen LogP contribution in [0.2, 0.25) is 0 Å². The van der Waals surface area contributed by atoms with E-state index < -0.39 is 6.10 Å². The third-order valence-corrected chi connectivity index (χ3v) is 3.94. The summed E-state index contributed by atoms with van der Waals surface area (Å²) in [6.07, 6.45) is -0.525. The third-order valence-electron chi connectivity index (χ3n) is 3.94. The third kappa shape index (κ3) is 5.51. The lowest BCUT2D eigenvalue weighted by Crippen LogP contribution is -2.30. The summed E-state index contributed by atoms with van der Waals surface area (Å²) < 4.78 is 11.6. The fourth-order valence-corrected chi connectivity index (χ4v) is 2.63. The number of hydrogen-bond acceptors (Lipinski definition) is 3. The molecular formula is C22H29NO3. The van der Waals surface area contributed by atoms with E-state index in [1.807, 2.05) is 51.1 Å². The van der Waals surface area contributed by atoms with Crippen molar-refractivity contribution in [3.05, 3.63) is 53.6 Å². The number of aryl methyl sites for hydroxylation is 1. The molecule has 1 amide bonds. The second-order valence-electron chi connectivity index (χ2n) is 7.14. The Labute approximate surface area is 156 Å². The molecule has 0 spiro atoms. The minimum Gasteiger partial charge on any atom is -0.491 e. The highest BCUT2D eigenvalue weighted by Gasteiger charge is 2.18. The summed E-state index contributed by atoms with van der Waals surface area (Å²) in [4.78, 5) is 12.5. The van der Waals surface area contributed by atoms with Gasteiger partial charge in [0.2, 0.25) is 0 Å². The van der Waals surface area contributed by atoms with Gasteiger partial charge in [-0.2, -0.15) is 0 Å². The highest BCUT2D eigenvalue weighted by molar-refractivity contribution is 5.94. The molecule has 2 rings (SSSR count). The predicted octanol–water partition coefficient (Wildman–Crippen LogP) is 5.31. The summed E-state index contributed by atoms with van der Waals surface area (Å²) in [6, 6.07) is 13.5. The Morgan fingerprint density at radius 3 is 2.35 bits per heavy atom. The zero-order valence-electron chi connectivity index (χ0n) is 16.5. The zero-order chi connectivity index (χ0) is 19.3. The zero-order valence-corrected chi connectivity index (χ0v) is 16.5. The smallest absolute Gasteiger partial charge is 0.265 e. The first kappa shape index (κ1) is 19.8. The lowest BCUT2D eigenvalue weighted by molar-refractivity contribution is -0.122. The van der Waals surface area contributed by atoms with E-state index in [-0.39, 0.29) is 12.0 Å². The van der Waals surface area contributed by atoms with Crippen LogP contribution in [0.1, 0.15) is 51.7 Å². The van der Waals surface area contributed by atoms with E-state index >= 15 is 0 Å². The van der Waals surface area contributed by atoms with Crippen molar-refractivity contribution < 1.29 is 14.3 Å². The van der Waals surface area contributed by atoms with Crippen LogP contribution in [-0.4, -0.2) is 18.1 Å². The fourth-order valence-electron chi connectivity index (χ4n) is 2.63. The maximum Gasteiger partial charge on any atom is 0.265 e. The van der Waals surface area contributed by atoms with E-state index in [0.717, 1.165) is 22.6 Å². The Morgan fingerprint density at radius 2 is 1.69 bits per heavy atom. The Bertz CT molecular complexity index is 753. The summed E-state index contributed by atoms with van der Waals surface area (Å²) in [5.74, 6) is 1.63. The minimum absolute atomic E-state index is 0.0824. The van der Waals surface area contributed by atoms with Crippen molar-refractivity contribution in [1.82, 2.24) is 0 Å². The molecule has 0 aromatic heterocycles. The van der Waals surface area contributed by atoms with Crippen LogP contribution in [0.4, 0.5) is 5.69 Å². The van der Waals surface area contributed by atoms with Crippen molar-refractivity contribution >= 4 is 11.6 Å². The maximum absolute atomic E-state index is 12.5. The lowest BCUT2D eigenvalue weighted by Gasteiger charge is -2.19. The molecule has 4 heteroatoms. The van der Waals surface area contributed by atoms with Crippen molar-refractivity contribution in [2.75, 3.05) is 5.32 Å². The van der Waals surface area contributed by atoms with Gasteiger partial charge in [0.15, 0.2) is 6.10 Å². The van der Waals surface area contributed by atoms with Gasteiger partial charge in [0, 0.05) is 11.8 Å². The van der Waals surface area contributed by atoms with Crippen LogP contribution < -0.4 is 14.8 Å². The summed E-state index contributed by atoms with van der Waals surface area (Å²) in [5.41, 5.74) is 2.90. The normalized spacial score (nSPS) is 12.2. The first-order valence-electron chi connectivity index (χ1n) is 9.11. The number of amides is 1. The molecule has 0 bridgehead atoms. The van der Waals surface area contributed by atoms with Gasteiger partial charge in [-0.3, -0.25) is 4.79 Å². The molecule has 0 radical (unpaired) electrons. The van der Waals surface area contributed by atoms with Gasteiger partial charge in [0.1, 0.15) is 11.5 Å². The van der Waals surface area contributed by atoms with Crippen molar-refractivity contribution in [3.8, 4) is 11.5 Å². The molecule has 4 nitrogen and oxygen atoms in total. The van der Waals surface area contributed by atoms with Gasteiger partial charge in [-0.15, -0.1) is 0 Å². The number of nitrogens with one attached hydrogen (secondary N) is 1. The van der Waals surface area contributed by atoms with E-state index in [1.165, 1.54) is 0 Å². The van der Waals surface area contributed by atoms with Crippen molar-refractivity contribution in [1.29, 1.82) is 0 Å².